The number of halogens is 1. The molecule has 0 bridgehead atoms. The van der Waals surface area contributed by atoms with Gasteiger partial charge in [-0.3, -0.25) is 18.3 Å². The first-order valence-corrected chi connectivity index (χ1v) is 7.32. The van der Waals surface area contributed by atoms with E-state index in [0.717, 1.165) is 4.57 Å². The van der Waals surface area contributed by atoms with E-state index in [1.165, 1.54) is 10.8 Å². The van der Waals surface area contributed by atoms with E-state index >= 15 is 0 Å². The molecule has 7 nitrogen and oxygen atoms in total. The predicted octanol–water partition coefficient (Wildman–Crippen LogP) is -0.291. The van der Waals surface area contributed by atoms with Crippen molar-refractivity contribution in [3.8, 4) is 0 Å². The van der Waals surface area contributed by atoms with Crippen LogP contribution < -0.4 is 11.2 Å². The average Bonchev–Trinajstić information content (AvgIpc) is 2.87. The molecule has 0 aromatic carbocycles. The first-order valence-electron chi connectivity index (χ1n) is 7.32. The molecule has 2 heterocycles. The molecule has 0 radical (unpaired) electrons. The van der Waals surface area contributed by atoms with E-state index in [1.807, 2.05) is 0 Å². The van der Waals surface area contributed by atoms with E-state index in [9.17, 15) is 19.1 Å². The SMILES string of the molecule is Cc1cn([C@H]2C[C@H](O)[C@@H](CO)O2)c(=O)n(CCCC[18F])c1=O. The summed E-state index contributed by atoms with van der Waals surface area (Å²) in [6.45, 7) is 0.882. The first kappa shape index (κ1) is 16.9. The molecule has 124 valence electrons. The molecule has 1 fully saturated rings. The number of aliphatic hydroxyl groups is 2. The second-order valence-electron chi connectivity index (χ2n) is 5.47. The maximum absolute atomic E-state index is 12.4. The van der Waals surface area contributed by atoms with Gasteiger partial charge in [-0.05, 0) is 19.8 Å². The third-order valence-electron chi connectivity index (χ3n) is 3.83. The molecule has 2 rings (SSSR count). The Morgan fingerprint density at radius 1 is 1.41 bits per heavy atom. The smallest absolute Gasteiger partial charge is 0.333 e. The molecule has 0 aliphatic carbocycles. The van der Waals surface area contributed by atoms with Gasteiger partial charge >= 0.3 is 5.69 Å². The van der Waals surface area contributed by atoms with Crippen LogP contribution in [0.5, 0.6) is 0 Å². The molecule has 2 N–H and O–H groups in total. The number of hydrogen-bond acceptors (Lipinski definition) is 5. The van der Waals surface area contributed by atoms with E-state index in [0.29, 0.717) is 12.0 Å². The summed E-state index contributed by atoms with van der Waals surface area (Å²) in [4.78, 5) is 24.5. The van der Waals surface area contributed by atoms with Gasteiger partial charge in [-0.1, -0.05) is 0 Å². The minimum absolute atomic E-state index is 0.141. The second-order valence-corrected chi connectivity index (χ2v) is 5.47. The van der Waals surface area contributed by atoms with Gasteiger partial charge in [0.25, 0.3) is 5.56 Å². The van der Waals surface area contributed by atoms with Gasteiger partial charge in [-0.25, -0.2) is 4.79 Å². The Labute approximate surface area is 126 Å². The molecule has 1 aliphatic heterocycles. The summed E-state index contributed by atoms with van der Waals surface area (Å²) in [5.41, 5.74) is -0.590. The molecule has 1 aromatic heterocycles. The lowest BCUT2D eigenvalue weighted by Gasteiger charge is -2.17. The molecule has 1 saturated heterocycles. The van der Waals surface area contributed by atoms with Crippen LogP contribution in [-0.4, -0.2) is 44.8 Å². The minimum Gasteiger partial charge on any atom is -0.394 e. The second kappa shape index (κ2) is 7.17. The summed E-state index contributed by atoms with van der Waals surface area (Å²) < 4.78 is 20.0. The van der Waals surface area contributed by atoms with Gasteiger partial charge < -0.3 is 14.9 Å². The highest BCUT2D eigenvalue weighted by molar-refractivity contribution is 5.04. The number of rotatable bonds is 6. The van der Waals surface area contributed by atoms with E-state index in [1.54, 1.807) is 6.92 Å². The van der Waals surface area contributed by atoms with Crippen molar-refractivity contribution in [1.82, 2.24) is 9.13 Å². The third kappa shape index (κ3) is 3.29. The van der Waals surface area contributed by atoms with Crippen LogP contribution in [0.15, 0.2) is 15.8 Å². The highest BCUT2D eigenvalue weighted by Crippen LogP contribution is 2.27. The molecule has 1 aliphatic rings. The predicted molar refractivity (Wildman–Crippen MR) is 76.5 cm³/mol. The standard InChI is InChI=1S/C14H21FN2O5/c1-9-7-17(12-6-10(19)11(8-18)22-12)14(21)16(13(9)20)5-3-2-4-15/h7,10-12,18-19H,2-6,8H2,1H3/t10-,11+,12+/m0/s1/i15-1. The van der Waals surface area contributed by atoms with E-state index in [2.05, 4.69) is 0 Å². The number of ether oxygens (including phenoxy) is 1. The van der Waals surface area contributed by atoms with Crippen molar-refractivity contribution >= 4 is 0 Å². The minimum atomic E-state index is -0.867. The van der Waals surface area contributed by atoms with Crippen LogP contribution in [-0.2, 0) is 11.3 Å². The van der Waals surface area contributed by atoms with Gasteiger partial charge in [0.1, 0.15) is 12.3 Å². The molecule has 0 amide bonds. The summed E-state index contributed by atoms with van der Waals surface area (Å²) in [6, 6.07) is 0. The molecule has 3 atom stereocenters. The molecular weight excluding hydrogens is 294 g/mol. The number of alkyl halides is 1. The first-order chi connectivity index (χ1) is 10.5. The van der Waals surface area contributed by atoms with Crippen LogP contribution in [0, 0.1) is 6.92 Å². The highest BCUT2D eigenvalue weighted by Gasteiger charge is 2.35. The number of nitrogens with zero attached hydrogens (tertiary/aromatic N) is 2. The number of aliphatic hydroxyl groups excluding tert-OH is 2. The number of aryl methyl sites for hydroxylation is 1. The van der Waals surface area contributed by atoms with Crippen molar-refractivity contribution < 1.29 is 19.3 Å². The van der Waals surface area contributed by atoms with Gasteiger partial charge in [0.15, 0.2) is 0 Å². The summed E-state index contributed by atoms with van der Waals surface area (Å²) in [7, 11) is 0. The molecule has 0 spiro atoms. The lowest BCUT2D eigenvalue weighted by Crippen LogP contribution is -2.42. The third-order valence-corrected chi connectivity index (χ3v) is 3.83. The maximum Gasteiger partial charge on any atom is 0.333 e. The van der Waals surface area contributed by atoms with Crippen molar-refractivity contribution in [1.29, 1.82) is 0 Å². The van der Waals surface area contributed by atoms with Gasteiger partial charge in [-0.15, -0.1) is 0 Å². The zero-order chi connectivity index (χ0) is 16.3. The van der Waals surface area contributed by atoms with Crippen LogP contribution in [0.4, 0.5) is 4.39 Å². The maximum atomic E-state index is 12.4. The Hall–Kier alpha value is -1.51. The Balaban J connectivity index is 2.33. The topological polar surface area (TPSA) is 93.7 Å². The van der Waals surface area contributed by atoms with Crippen molar-refractivity contribution in [2.75, 3.05) is 13.3 Å². The van der Waals surface area contributed by atoms with Crippen molar-refractivity contribution in [3.05, 3.63) is 32.6 Å². The molecular formula is C14H21FN2O5. The summed E-state index contributed by atoms with van der Waals surface area (Å²) in [5, 5.41) is 18.9. The molecule has 1 aromatic rings. The average molecular weight is 315 g/mol. The zero-order valence-corrected chi connectivity index (χ0v) is 12.4. The van der Waals surface area contributed by atoms with Crippen molar-refractivity contribution in [2.24, 2.45) is 0 Å². The fourth-order valence-electron chi connectivity index (χ4n) is 2.58. The zero-order valence-electron chi connectivity index (χ0n) is 12.4. The Bertz CT molecular complexity index is 627. The monoisotopic (exact) mass is 315 g/mol. The fraction of sp³-hybridized carbons (Fsp3) is 0.714. The number of unbranched alkanes of at least 4 members (excludes halogenated alkanes) is 1. The molecule has 0 unspecified atom stereocenters. The lowest BCUT2D eigenvalue weighted by molar-refractivity contribution is -0.0464. The van der Waals surface area contributed by atoms with E-state index < -0.39 is 36.4 Å². The van der Waals surface area contributed by atoms with E-state index in [4.69, 9.17) is 9.84 Å². The normalized spacial score (nSPS) is 24.8. The van der Waals surface area contributed by atoms with Crippen LogP contribution in [0.25, 0.3) is 0 Å². The summed E-state index contributed by atoms with van der Waals surface area (Å²) in [5.74, 6) is 0. The highest BCUT2D eigenvalue weighted by atomic mass is 18.2. The number of aromatic nitrogens is 2. The fourth-order valence-corrected chi connectivity index (χ4v) is 2.58. The largest absolute Gasteiger partial charge is 0.394 e. The van der Waals surface area contributed by atoms with Crippen LogP contribution in [0.1, 0.15) is 31.1 Å². The van der Waals surface area contributed by atoms with E-state index in [-0.39, 0.29) is 26.0 Å². The Morgan fingerprint density at radius 2 is 2.14 bits per heavy atom. The van der Waals surface area contributed by atoms with Gasteiger partial charge in [0.05, 0.1) is 19.4 Å². The molecule has 0 saturated carbocycles. The van der Waals surface area contributed by atoms with Gasteiger partial charge in [-0.2, -0.15) is 0 Å². The molecule has 22 heavy (non-hydrogen) atoms. The summed E-state index contributed by atoms with van der Waals surface area (Å²) >= 11 is 0. The Kier molecular flexibility index (Phi) is 5.49. The van der Waals surface area contributed by atoms with Crippen molar-refractivity contribution in [3.63, 3.8) is 0 Å². The van der Waals surface area contributed by atoms with Gasteiger partial charge in [0, 0.05) is 24.7 Å². The van der Waals surface area contributed by atoms with Crippen LogP contribution in [0.3, 0.4) is 0 Å². The lowest BCUT2D eigenvalue weighted by atomic mass is 10.2. The number of hydrogen-bond donors (Lipinski definition) is 2. The molecule has 8 heteroatoms. The van der Waals surface area contributed by atoms with Crippen LogP contribution >= 0.6 is 0 Å². The van der Waals surface area contributed by atoms with Gasteiger partial charge in [0.2, 0.25) is 0 Å². The van der Waals surface area contributed by atoms with Crippen LogP contribution in [0.2, 0.25) is 0 Å². The van der Waals surface area contributed by atoms with Crippen molar-refractivity contribution in [2.45, 2.75) is 51.2 Å². The Morgan fingerprint density at radius 3 is 2.73 bits per heavy atom. The summed E-state index contributed by atoms with van der Waals surface area (Å²) in [6.07, 6.45) is -0.113. The quantitative estimate of drug-likeness (QED) is 0.704.